The average Bonchev–Trinajstić information content (AvgIpc) is 3.03. The second-order valence-corrected chi connectivity index (χ2v) is 8.33. The lowest BCUT2D eigenvalue weighted by atomic mass is 10.0. The largest absolute Gasteiger partial charge is 0.493 e. The Morgan fingerprint density at radius 3 is 2.68 bits per heavy atom. The van der Waals surface area contributed by atoms with E-state index in [2.05, 4.69) is 6.07 Å². The Bertz CT molecular complexity index is 1070. The number of hydrogen-bond donors (Lipinski definition) is 0. The number of carbonyl (C=O) groups excluding carboxylic acids is 1. The molecule has 0 amide bonds. The number of allylic oxidation sites excluding steroid dienone is 1. The fraction of sp³-hybridized carbons (Fsp3) is 0.174. The molecule has 0 radical (unpaired) electrons. The number of rotatable bonds is 4. The summed E-state index contributed by atoms with van der Waals surface area (Å²) >= 11 is 7.92. The van der Waals surface area contributed by atoms with Crippen LogP contribution < -0.4 is 4.74 Å². The fourth-order valence-corrected chi connectivity index (χ4v) is 4.76. The molecular formula is C23H20ClNO2S. The minimum atomic E-state index is -0.0155. The highest BCUT2D eigenvalue weighted by atomic mass is 35.5. The summed E-state index contributed by atoms with van der Waals surface area (Å²) in [5.74, 6) is 0.857. The van der Waals surface area contributed by atoms with E-state index in [-0.39, 0.29) is 5.78 Å². The zero-order valence-electron chi connectivity index (χ0n) is 15.7. The Morgan fingerprint density at radius 2 is 1.89 bits per heavy atom. The van der Waals surface area contributed by atoms with Gasteiger partial charge in [0.2, 0.25) is 5.78 Å². The van der Waals surface area contributed by atoms with E-state index in [1.807, 2.05) is 73.7 Å². The van der Waals surface area contributed by atoms with Crippen LogP contribution in [0, 0.1) is 0 Å². The van der Waals surface area contributed by atoms with Gasteiger partial charge < -0.3 is 9.64 Å². The molecule has 0 spiro atoms. The van der Waals surface area contributed by atoms with Gasteiger partial charge in [-0.2, -0.15) is 0 Å². The lowest BCUT2D eigenvalue weighted by Gasteiger charge is -2.12. The van der Waals surface area contributed by atoms with E-state index in [0.29, 0.717) is 17.2 Å². The van der Waals surface area contributed by atoms with Crippen LogP contribution >= 0.6 is 22.9 Å². The van der Waals surface area contributed by atoms with Crippen molar-refractivity contribution in [3.05, 3.63) is 81.8 Å². The first-order chi connectivity index (χ1) is 13.5. The molecule has 0 saturated carbocycles. The first-order valence-corrected chi connectivity index (χ1v) is 10.3. The maximum Gasteiger partial charge on any atom is 0.205 e. The van der Waals surface area contributed by atoms with Crippen molar-refractivity contribution in [3.8, 4) is 16.2 Å². The molecule has 0 aliphatic carbocycles. The van der Waals surface area contributed by atoms with Crippen LogP contribution in [0.2, 0.25) is 5.02 Å². The van der Waals surface area contributed by atoms with Gasteiger partial charge in [-0.05, 0) is 29.8 Å². The summed E-state index contributed by atoms with van der Waals surface area (Å²) in [6.07, 6.45) is 2.62. The molecule has 2 aromatic carbocycles. The third kappa shape index (κ3) is 3.58. The SMILES string of the molecule is CN(C)/C=C(/C(=O)c1cc2c(s1)-c1ccccc1OCC2)c1ccccc1Cl. The van der Waals surface area contributed by atoms with Gasteiger partial charge in [-0.1, -0.05) is 41.9 Å². The smallest absolute Gasteiger partial charge is 0.205 e. The molecule has 28 heavy (non-hydrogen) atoms. The number of halogens is 1. The Balaban J connectivity index is 1.80. The number of benzene rings is 2. The van der Waals surface area contributed by atoms with Crippen molar-refractivity contribution in [3.63, 3.8) is 0 Å². The topological polar surface area (TPSA) is 29.5 Å². The van der Waals surface area contributed by atoms with Crippen LogP contribution in [0.1, 0.15) is 20.8 Å². The summed E-state index contributed by atoms with van der Waals surface area (Å²) in [5, 5.41) is 0.570. The minimum Gasteiger partial charge on any atom is -0.493 e. The predicted molar refractivity (Wildman–Crippen MR) is 116 cm³/mol. The molecule has 0 unspecified atom stereocenters. The Morgan fingerprint density at radius 1 is 1.14 bits per heavy atom. The molecule has 142 valence electrons. The second-order valence-electron chi connectivity index (χ2n) is 6.87. The van der Waals surface area contributed by atoms with Crippen LogP contribution in [-0.4, -0.2) is 31.4 Å². The Kier molecular flexibility index (Phi) is 5.25. The number of nitrogens with zero attached hydrogens (tertiary/aromatic N) is 1. The van der Waals surface area contributed by atoms with E-state index in [0.717, 1.165) is 38.6 Å². The molecule has 0 fully saturated rings. The van der Waals surface area contributed by atoms with Crippen molar-refractivity contribution in [1.29, 1.82) is 0 Å². The Labute approximate surface area is 173 Å². The number of hydrogen-bond acceptors (Lipinski definition) is 4. The zero-order chi connectivity index (χ0) is 19.7. The number of para-hydroxylation sites is 1. The average molecular weight is 410 g/mol. The number of carbonyl (C=O) groups is 1. The maximum atomic E-state index is 13.5. The first-order valence-electron chi connectivity index (χ1n) is 9.07. The van der Waals surface area contributed by atoms with Gasteiger partial charge in [0.05, 0.1) is 11.5 Å². The molecule has 0 N–H and O–H groups in total. The van der Waals surface area contributed by atoms with E-state index in [9.17, 15) is 4.79 Å². The van der Waals surface area contributed by atoms with Gasteiger partial charge in [-0.15, -0.1) is 11.3 Å². The molecule has 4 rings (SSSR count). The van der Waals surface area contributed by atoms with E-state index in [1.54, 1.807) is 0 Å². The molecular weight excluding hydrogens is 390 g/mol. The van der Waals surface area contributed by atoms with Gasteiger partial charge in [0.1, 0.15) is 5.75 Å². The van der Waals surface area contributed by atoms with Crippen molar-refractivity contribution >= 4 is 34.3 Å². The monoisotopic (exact) mass is 409 g/mol. The molecule has 2 heterocycles. The fourth-order valence-electron chi connectivity index (χ4n) is 3.33. The van der Waals surface area contributed by atoms with Crippen molar-refractivity contribution in [1.82, 2.24) is 4.90 Å². The van der Waals surface area contributed by atoms with Gasteiger partial charge in [0.25, 0.3) is 0 Å². The lowest BCUT2D eigenvalue weighted by Crippen LogP contribution is -2.09. The zero-order valence-corrected chi connectivity index (χ0v) is 17.3. The summed E-state index contributed by atoms with van der Waals surface area (Å²) in [7, 11) is 3.81. The van der Waals surface area contributed by atoms with Crippen molar-refractivity contribution in [2.24, 2.45) is 0 Å². The van der Waals surface area contributed by atoms with Crippen LogP contribution in [0.3, 0.4) is 0 Å². The van der Waals surface area contributed by atoms with E-state index in [4.69, 9.17) is 16.3 Å². The van der Waals surface area contributed by atoms with Crippen LogP contribution in [-0.2, 0) is 6.42 Å². The number of ketones is 1. The second kappa shape index (κ2) is 7.82. The normalized spacial score (nSPS) is 13.2. The van der Waals surface area contributed by atoms with Crippen molar-refractivity contribution < 1.29 is 9.53 Å². The standard InChI is InChI=1S/C23H20ClNO2S/c1-25(2)14-18(16-7-3-5-9-19(16)24)22(26)21-13-15-11-12-27-20-10-6-4-8-17(20)23(15)28-21/h3-10,13-14H,11-12H2,1-2H3/b18-14+. The quantitative estimate of drug-likeness (QED) is 0.403. The summed E-state index contributed by atoms with van der Waals surface area (Å²) in [4.78, 5) is 17.2. The van der Waals surface area contributed by atoms with Gasteiger partial charge >= 0.3 is 0 Å². The van der Waals surface area contributed by atoms with Crippen LogP contribution in [0.4, 0.5) is 0 Å². The molecule has 1 aromatic heterocycles. The van der Waals surface area contributed by atoms with Gasteiger partial charge in [0, 0.05) is 53.3 Å². The predicted octanol–water partition coefficient (Wildman–Crippen LogP) is 5.79. The molecule has 3 nitrogen and oxygen atoms in total. The highest BCUT2D eigenvalue weighted by molar-refractivity contribution is 7.18. The summed E-state index contributed by atoms with van der Waals surface area (Å²) in [5.41, 5.74) is 3.54. The molecule has 0 bridgehead atoms. The third-order valence-electron chi connectivity index (χ3n) is 4.59. The van der Waals surface area contributed by atoms with Crippen LogP contribution in [0.25, 0.3) is 16.0 Å². The number of ether oxygens (including phenoxy) is 1. The maximum absolute atomic E-state index is 13.5. The van der Waals surface area contributed by atoms with E-state index >= 15 is 0 Å². The lowest BCUT2D eigenvalue weighted by molar-refractivity contribution is 0.105. The summed E-state index contributed by atoms with van der Waals surface area (Å²) in [6.45, 7) is 0.610. The van der Waals surface area contributed by atoms with E-state index < -0.39 is 0 Å². The summed E-state index contributed by atoms with van der Waals surface area (Å²) < 4.78 is 5.86. The van der Waals surface area contributed by atoms with Gasteiger partial charge in [-0.3, -0.25) is 4.79 Å². The highest BCUT2D eigenvalue weighted by Crippen LogP contribution is 2.41. The molecule has 1 aliphatic rings. The number of fused-ring (bicyclic) bond motifs is 3. The molecule has 0 saturated heterocycles. The summed E-state index contributed by atoms with van der Waals surface area (Å²) in [6, 6.07) is 17.5. The van der Waals surface area contributed by atoms with Gasteiger partial charge in [-0.25, -0.2) is 0 Å². The number of Topliss-reactive ketones (excluding diaryl/α,β-unsaturated/α-hetero) is 1. The Hall–Kier alpha value is -2.56. The third-order valence-corrected chi connectivity index (χ3v) is 6.13. The molecule has 3 aromatic rings. The van der Waals surface area contributed by atoms with E-state index in [1.165, 1.54) is 11.3 Å². The first kappa shape index (κ1) is 18.8. The minimum absolute atomic E-state index is 0.0155. The highest BCUT2D eigenvalue weighted by Gasteiger charge is 2.24. The van der Waals surface area contributed by atoms with Crippen LogP contribution in [0.5, 0.6) is 5.75 Å². The number of thiophene rings is 1. The van der Waals surface area contributed by atoms with Crippen molar-refractivity contribution in [2.75, 3.05) is 20.7 Å². The molecule has 1 aliphatic heterocycles. The van der Waals surface area contributed by atoms with Gasteiger partial charge in [0.15, 0.2) is 0 Å². The molecule has 0 atom stereocenters. The molecule has 5 heteroatoms. The van der Waals surface area contributed by atoms with Crippen LogP contribution in [0.15, 0.2) is 60.8 Å². The van der Waals surface area contributed by atoms with Crippen molar-refractivity contribution in [2.45, 2.75) is 6.42 Å².